The van der Waals surface area contributed by atoms with E-state index in [0.29, 0.717) is 24.3 Å². The van der Waals surface area contributed by atoms with Crippen molar-refractivity contribution in [2.24, 2.45) is 0 Å². The van der Waals surface area contributed by atoms with Gasteiger partial charge in [-0.05, 0) is 41.5 Å². The van der Waals surface area contributed by atoms with E-state index in [9.17, 15) is 4.79 Å². The maximum atomic E-state index is 12.5. The van der Waals surface area contributed by atoms with E-state index in [-0.39, 0.29) is 5.56 Å². The lowest BCUT2D eigenvalue weighted by Gasteiger charge is -2.10. The fourth-order valence-corrected chi connectivity index (χ4v) is 3.04. The molecule has 4 aromatic rings. The molecule has 6 nitrogen and oxygen atoms in total. The van der Waals surface area contributed by atoms with Crippen LogP contribution in [0.3, 0.4) is 0 Å². The molecule has 0 saturated heterocycles. The van der Waals surface area contributed by atoms with Gasteiger partial charge in [0.05, 0.1) is 18.0 Å². The Hall–Kier alpha value is -3.98. The van der Waals surface area contributed by atoms with Crippen molar-refractivity contribution in [3.63, 3.8) is 0 Å². The molecule has 6 heteroatoms. The van der Waals surface area contributed by atoms with Crippen LogP contribution >= 0.6 is 0 Å². The van der Waals surface area contributed by atoms with Gasteiger partial charge in [0.1, 0.15) is 5.82 Å². The average Bonchev–Trinajstić information content (AvgIpc) is 3.16. The van der Waals surface area contributed by atoms with Gasteiger partial charge in [0.25, 0.3) is 5.56 Å². The smallest absolute Gasteiger partial charge is 0.256 e. The number of benzene rings is 1. The zero-order valence-corrected chi connectivity index (χ0v) is 15.1. The van der Waals surface area contributed by atoms with Gasteiger partial charge in [-0.25, -0.2) is 9.97 Å². The molecule has 3 aromatic heterocycles. The van der Waals surface area contributed by atoms with Crippen LogP contribution in [0.4, 0.5) is 0 Å². The number of imidazole rings is 1. The molecule has 136 valence electrons. The predicted molar refractivity (Wildman–Crippen MR) is 105 cm³/mol. The van der Waals surface area contributed by atoms with E-state index in [0.717, 1.165) is 16.8 Å². The Bertz CT molecular complexity index is 1180. The van der Waals surface area contributed by atoms with Gasteiger partial charge in [-0.1, -0.05) is 18.2 Å². The summed E-state index contributed by atoms with van der Waals surface area (Å²) in [6.07, 6.45) is 7.71. The lowest BCUT2D eigenvalue weighted by Crippen LogP contribution is -2.19. The highest BCUT2D eigenvalue weighted by Crippen LogP contribution is 2.12. The van der Waals surface area contributed by atoms with Crippen LogP contribution in [-0.4, -0.2) is 19.1 Å². The highest BCUT2D eigenvalue weighted by molar-refractivity contribution is 5.33. The Morgan fingerprint density at radius 3 is 2.61 bits per heavy atom. The van der Waals surface area contributed by atoms with Crippen molar-refractivity contribution in [1.29, 1.82) is 5.26 Å². The van der Waals surface area contributed by atoms with E-state index in [2.05, 4.69) is 16.0 Å². The van der Waals surface area contributed by atoms with Crippen LogP contribution in [0.1, 0.15) is 22.4 Å². The predicted octanol–water partition coefficient (Wildman–Crippen LogP) is 2.94. The Morgan fingerprint density at radius 1 is 1.04 bits per heavy atom. The van der Waals surface area contributed by atoms with Crippen molar-refractivity contribution in [2.45, 2.75) is 13.0 Å². The van der Waals surface area contributed by atoms with Crippen LogP contribution in [0.2, 0.25) is 0 Å². The van der Waals surface area contributed by atoms with Crippen molar-refractivity contribution < 1.29 is 0 Å². The molecule has 0 saturated carbocycles. The molecule has 0 N–H and O–H groups in total. The first-order chi connectivity index (χ1) is 13.7. The van der Waals surface area contributed by atoms with Gasteiger partial charge in [0.2, 0.25) is 0 Å². The number of nitrogens with zero attached hydrogens (tertiary/aromatic N) is 5. The molecule has 28 heavy (non-hydrogen) atoms. The second-order valence-corrected chi connectivity index (χ2v) is 6.43. The van der Waals surface area contributed by atoms with Crippen LogP contribution in [0.15, 0.2) is 84.3 Å². The van der Waals surface area contributed by atoms with Gasteiger partial charge < -0.3 is 4.57 Å². The van der Waals surface area contributed by atoms with Crippen LogP contribution in [0, 0.1) is 11.3 Å². The summed E-state index contributed by atoms with van der Waals surface area (Å²) in [6.45, 7) is 0.559. The summed E-state index contributed by atoms with van der Waals surface area (Å²) in [4.78, 5) is 20.9. The molecule has 3 heterocycles. The average molecular weight is 367 g/mol. The molecule has 0 spiro atoms. The molecule has 0 atom stereocenters. The Labute approximate surface area is 162 Å². The van der Waals surface area contributed by atoms with E-state index in [1.165, 1.54) is 4.57 Å². The van der Waals surface area contributed by atoms with Gasteiger partial charge in [-0.3, -0.25) is 9.36 Å². The monoisotopic (exact) mass is 367 g/mol. The highest BCUT2D eigenvalue weighted by Gasteiger charge is 2.07. The topological polar surface area (TPSA) is 76.5 Å². The summed E-state index contributed by atoms with van der Waals surface area (Å²) in [6, 6.07) is 18.7. The lowest BCUT2D eigenvalue weighted by molar-refractivity contribution is 0.748. The lowest BCUT2D eigenvalue weighted by atomic mass is 10.1. The summed E-state index contributed by atoms with van der Waals surface area (Å²) < 4.78 is 3.55. The fourth-order valence-electron chi connectivity index (χ4n) is 3.04. The van der Waals surface area contributed by atoms with Crippen molar-refractivity contribution in [1.82, 2.24) is 19.1 Å². The minimum absolute atomic E-state index is 0.120. The van der Waals surface area contributed by atoms with E-state index in [4.69, 9.17) is 5.26 Å². The molecule has 0 aliphatic carbocycles. The van der Waals surface area contributed by atoms with Crippen molar-refractivity contribution >= 4 is 0 Å². The van der Waals surface area contributed by atoms with Crippen LogP contribution in [0.5, 0.6) is 0 Å². The van der Waals surface area contributed by atoms with Gasteiger partial charge in [0.15, 0.2) is 0 Å². The molecule has 0 fully saturated rings. The molecule has 0 unspecified atom stereocenters. The van der Waals surface area contributed by atoms with Gasteiger partial charge in [0, 0.05) is 43.3 Å². The van der Waals surface area contributed by atoms with Crippen LogP contribution in [0.25, 0.3) is 5.82 Å². The summed E-state index contributed by atoms with van der Waals surface area (Å²) in [7, 11) is 0. The standard InChI is InChI=1S/C22H17N5O/c23-13-18-6-4-17(5-7-18)11-20-14-24-16-26(20)15-19-8-10-27(22(28)12-19)21-3-1-2-9-25-21/h1-10,12,14,16H,11,15H2. The minimum atomic E-state index is -0.120. The molecule has 0 aliphatic heterocycles. The first-order valence-corrected chi connectivity index (χ1v) is 8.84. The third kappa shape index (κ3) is 3.74. The second kappa shape index (κ2) is 7.72. The summed E-state index contributed by atoms with van der Waals surface area (Å²) in [5.41, 5.74) is 3.57. The molecule has 0 bridgehead atoms. The molecular formula is C22H17N5O. The molecular weight excluding hydrogens is 350 g/mol. The first-order valence-electron chi connectivity index (χ1n) is 8.84. The largest absolute Gasteiger partial charge is 0.330 e. The molecule has 0 radical (unpaired) electrons. The molecule has 4 rings (SSSR count). The number of aromatic nitrogens is 4. The summed E-state index contributed by atoms with van der Waals surface area (Å²) in [5.74, 6) is 0.600. The van der Waals surface area contributed by atoms with Gasteiger partial charge >= 0.3 is 0 Å². The number of pyridine rings is 2. The Morgan fingerprint density at radius 2 is 1.89 bits per heavy atom. The third-order valence-electron chi connectivity index (χ3n) is 4.50. The number of hydrogen-bond acceptors (Lipinski definition) is 4. The maximum absolute atomic E-state index is 12.5. The fraction of sp³-hybridized carbons (Fsp3) is 0.0909. The minimum Gasteiger partial charge on any atom is -0.330 e. The number of rotatable bonds is 5. The van der Waals surface area contributed by atoms with Gasteiger partial charge in [-0.15, -0.1) is 0 Å². The molecule has 0 aliphatic rings. The zero-order valence-electron chi connectivity index (χ0n) is 15.1. The summed E-state index contributed by atoms with van der Waals surface area (Å²) >= 11 is 0. The Kier molecular flexibility index (Phi) is 4.81. The number of hydrogen-bond donors (Lipinski definition) is 0. The van der Waals surface area contributed by atoms with Crippen LogP contribution in [-0.2, 0) is 13.0 Å². The zero-order chi connectivity index (χ0) is 19.3. The second-order valence-electron chi connectivity index (χ2n) is 6.43. The van der Waals surface area contributed by atoms with E-state index < -0.39 is 0 Å². The van der Waals surface area contributed by atoms with Gasteiger partial charge in [-0.2, -0.15) is 5.26 Å². The third-order valence-corrected chi connectivity index (χ3v) is 4.50. The molecule has 1 aromatic carbocycles. The van der Waals surface area contributed by atoms with Crippen molar-refractivity contribution in [3.05, 3.63) is 112 Å². The SMILES string of the molecule is N#Cc1ccc(Cc2cncn2Cc2ccn(-c3ccccn3)c(=O)c2)cc1. The molecule has 0 amide bonds. The van der Waals surface area contributed by atoms with E-state index in [1.54, 1.807) is 30.9 Å². The first kappa shape index (κ1) is 17.4. The highest BCUT2D eigenvalue weighted by atomic mass is 16.1. The van der Waals surface area contributed by atoms with Crippen molar-refractivity contribution in [3.8, 4) is 11.9 Å². The Balaban J connectivity index is 1.54. The summed E-state index contributed by atoms with van der Waals surface area (Å²) in [5, 5.41) is 8.91. The van der Waals surface area contributed by atoms with Crippen LogP contribution < -0.4 is 5.56 Å². The quantitative estimate of drug-likeness (QED) is 0.543. The number of nitriles is 1. The normalized spacial score (nSPS) is 10.5. The van der Waals surface area contributed by atoms with E-state index in [1.807, 2.05) is 53.2 Å². The van der Waals surface area contributed by atoms with Crippen molar-refractivity contribution in [2.75, 3.05) is 0 Å². The maximum Gasteiger partial charge on any atom is 0.256 e. The van der Waals surface area contributed by atoms with E-state index >= 15 is 0 Å².